The molecule has 1 atom stereocenters. The lowest BCUT2D eigenvalue weighted by atomic mass is 10.2. The molecule has 0 saturated heterocycles. The van der Waals surface area contributed by atoms with Gasteiger partial charge in [0.1, 0.15) is 11.6 Å². The van der Waals surface area contributed by atoms with Crippen molar-refractivity contribution < 1.29 is 18.4 Å². The summed E-state index contributed by atoms with van der Waals surface area (Å²) in [6.45, 7) is 0.176. The molecule has 0 bridgehead atoms. The Morgan fingerprint density at radius 1 is 0.889 bits per heavy atom. The van der Waals surface area contributed by atoms with E-state index in [-0.39, 0.29) is 29.9 Å². The maximum atomic E-state index is 13.6. The van der Waals surface area contributed by atoms with E-state index in [1.807, 2.05) is 0 Å². The minimum absolute atomic E-state index is 0.0724. The summed E-state index contributed by atoms with van der Waals surface area (Å²) in [6.07, 6.45) is 1.86. The molecule has 27 heavy (non-hydrogen) atoms. The summed E-state index contributed by atoms with van der Waals surface area (Å²) in [4.78, 5) is 24.1. The van der Waals surface area contributed by atoms with Crippen LogP contribution in [0.25, 0.3) is 0 Å². The van der Waals surface area contributed by atoms with Gasteiger partial charge in [-0.15, -0.1) is 0 Å². The molecule has 8 heteroatoms. The lowest BCUT2D eigenvalue weighted by molar-refractivity contribution is 0.242. The molecule has 6 nitrogen and oxygen atoms in total. The fraction of sp³-hybridized carbons (Fsp3) is 0.263. The van der Waals surface area contributed by atoms with Gasteiger partial charge in [0.05, 0.1) is 17.4 Å². The normalized spacial score (nSPS) is 14.1. The highest BCUT2D eigenvalue weighted by Crippen LogP contribution is 2.32. The van der Waals surface area contributed by atoms with Crippen molar-refractivity contribution in [2.45, 2.75) is 18.9 Å². The number of carbonyl (C=O) groups excluding carboxylic acids is 2. The van der Waals surface area contributed by atoms with E-state index in [0.717, 1.165) is 12.8 Å². The number of benzene rings is 2. The highest BCUT2D eigenvalue weighted by Gasteiger charge is 2.32. The van der Waals surface area contributed by atoms with Crippen LogP contribution in [-0.2, 0) is 0 Å². The average Bonchev–Trinajstić information content (AvgIpc) is 3.48. The first-order valence-electron chi connectivity index (χ1n) is 8.64. The van der Waals surface area contributed by atoms with E-state index in [1.54, 1.807) is 12.1 Å². The lowest BCUT2D eigenvalue weighted by Crippen LogP contribution is -2.47. The Kier molecular flexibility index (Phi) is 5.85. The Balaban J connectivity index is 1.50. The van der Waals surface area contributed by atoms with E-state index in [4.69, 9.17) is 0 Å². The number of halogens is 2. The van der Waals surface area contributed by atoms with Crippen molar-refractivity contribution in [3.63, 3.8) is 0 Å². The van der Waals surface area contributed by atoms with Crippen molar-refractivity contribution in [1.82, 2.24) is 10.6 Å². The molecule has 1 aliphatic carbocycles. The smallest absolute Gasteiger partial charge is 0.319 e. The molecule has 0 aromatic heterocycles. The van der Waals surface area contributed by atoms with Crippen molar-refractivity contribution in [2.24, 2.45) is 5.92 Å². The Labute approximate surface area is 155 Å². The highest BCUT2D eigenvalue weighted by molar-refractivity contribution is 5.90. The molecule has 1 fully saturated rings. The van der Waals surface area contributed by atoms with Gasteiger partial charge in [-0.05, 0) is 43.0 Å². The molecule has 4 amide bonds. The van der Waals surface area contributed by atoms with Gasteiger partial charge in [-0.1, -0.05) is 24.3 Å². The zero-order chi connectivity index (χ0) is 19.2. The van der Waals surface area contributed by atoms with Crippen molar-refractivity contribution in [2.75, 3.05) is 17.2 Å². The fourth-order valence-electron chi connectivity index (χ4n) is 2.66. The Morgan fingerprint density at radius 3 is 1.93 bits per heavy atom. The average molecular weight is 374 g/mol. The number of para-hydroxylation sites is 2. The molecule has 3 rings (SSSR count). The molecule has 4 N–H and O–H groups in total. The monoisotopic (exact) mass is 374 g/mol. The summed E-state index contributed by atoms with van der Waals surface area (Å²) in [6, 6.07) is 10.3. The quantitative estimate of drug-likeness (QED) is 0.622. The molecule has 1 saturated carbocycles. The van der Waals surface area contributed by atoms with Crippen LogP contribution >= 0.6 is 0 Å². The summed E-state index contributed by atoms with van der Waals surface area (Å²) in [5.74, 6) is -0.822. The number of anilines is 2. The molecule has 142 valence electrons. The number of carbonyl (C=O) groups is 2. The minimum Gasteiger partial charge on any atom is -0.336 e. The third-order valence-electron chi connectivity index (χ3n) is 4.23. The van der Waals surface area contributed by atoms with Gasteiger partial charge < -0.3 is 21.3 Å². The van der Waals surface area contributed by atoms with Crippen molar-refractivity contribution in [3.05, 3.63) is 60.2 Å². The van der Waals surface area contributed by atoms with E-state index in [9.17, 15) is 18.4 Å². The summed E-state index contributed by atoms with van der Waals surface area (Å²) < 4.78 is 27.2. The van der Waals surface area contributed by atoms with Crippen LogP contribution in [0.2, 0.25) is 0 Å². The van der Waals surface area contributed by atoms with E-state index < -0.39 is 23.7 Å². The Hall–Kier alpha value is -3.16. The first-order chi connectivity index (χ1) is 13.0. The maximum Gasteiger partial charge on any atom is 0.319 e. The summed E-state index contributed by atoms with van der Waals surface area (Å²) in [5, 5.41) is 10.3. The van der Waals surface area contributed by atoms with Crippen LogP contribution in [0, 0.1) is 17.6 Å². The van der Waals surface area contributed by atoms with E-state index in [2.05, 4.69) is 21.3 Å². The second-order valence-electron chi connectivity index (χ2n) is 6.34. The van der Waals surface area contributed by atoms with Gasteiger partial charge in [0.15, 0.2) is 0 Å². The molecule has 2 aromatic rings. The van der Waals surface area contributed by atoms with Gasteiger partial charge in [0.2, 0.25) is 0 Å². The van der Waals surface area contributed by atoms with E-state index >= 15 is 0 Å². The fourth-order valence-corrected chi connectivity index (χ4v) is 2.66. The highest BCUT2D eigenvalue weighted by atomic mass is 19.1. The van der Waals surface area contributed by atoms with Crippen LogP contribution in [0.15, 0.2) is 48.5 Å². The third-order valence-corrected chi connectivity index (χ3v) is 4.23. The number of nitrogens with one attached hydrogen (secondary N) is 4. The standard InChI is InChI=1S/C19H20F2N4O2/c20-13-5-1-3-7-15(13)23-18(26)22-11-17(12-9-10-12)25-19(27)24-16-8-4-2-6-14(16)21/h1-8,12,17H,9-11H2,(H2,22,23,26)(H2,24,25,27). The van der Waals surface area contributed by atoms with Gasteiger partial charge in [0, 0.05) is 6.54 Å². The SMILES string of the molecule is O=C(NCC(NC(=O)Nc1ccccc1F)C1CC1)Nc1ccccc1F. The number of rotatable bonds is 6. The van der Waals surface area contributed by atoms with Crippen LogP contribution < -0.4 is 21.3 Å². The van der Waals surface area contributed by atoms with Crippen LogP contribution in [0.3, 0.4) is 0 Å². The molecular formula is C19H20F2N4O2. The third kappa shape index (κ3) is 5.40. The maximum absolute atomic E-state index is 13.6. The molecule has 1 aliphatic rings. The summed E-state index contributed by atoms with van der Waals surface area (Å²) in [7, 11) is 0. The lowest BCUT2D eigenvalue weighted by Gasteiger charge is -2.19. The van der Waals surface area contributed by atoms with Crippen molar-refractivity contribution in [1.29, 1.82) is 0 Å². The largest absolute Gasteiger partial charge is 0.336 e. The van der Waals surface area contributed by atoms with Gasteiger partial charge in [-0.2, -0.15) is 0 Å². The minimum atomic E-state index is -0.568. The van der Waals surface area contributed by atoms with Crippen LogP contribution in [0.4, 0.5) is 29.7 Å². The van der Waals surface area contributed by atoms with Crippen molar-refractivity contribution >= 4 is 23.4 Å². The molecule has 0 radical (unpaired) electrons. The molecule has 0 aliphatic heterocycles. The van der Waals surface area contributed by atoms with Crippen LogP contribution in [0.5, 0.6) is 0 Å². The number of urea groups is 2. The Morgan fingerprint density at radius 2 is 1.41 bits per heavy atom. The summed E-state index contributed by atoms with van der Waals surface area (Å²) in [5.41, 5.74) is 0.151. The van der Waals surface area contributed by atoms with Crippen LogP contribution in [-0.4, -0.2) is 24.6 Å². The molecule has 2 aromatic carbocycles. The second kappa shape index (κ2) is 8.48. The van der Waals surface area contributed by atoms with Gasteiger partial charge in [-0.3, -0.25) is 0 Å². The number of amides is 4. The first-order valence-corrected chi connectivity index (χ1v) is 8.64. The predicted octanol–water partition coefficient (Wildman–Crippen LogP) is 3.69. The molecule has 0 heterocycles. The van der Waals surface area contributed by atoms with E-state index in [0.29, 0.717) is 0 Å². The predicted molar refractivity (Wildman–Crippen MR) is 98.5 cm³/mol. The topological polar surface area (TPSA) is 82.3 Å². The molecule has 1 unspecified atom stereocenters. The van der Waals surface area contributed by atoms with E-state index in [1.165, 1.54) is 36.4 Å². The second-order valence-corrected chi connectivity index (χ2v) is 6.34. The van der Waals surface area contributed by atoms with Gasteiger partial charge in [-0.25, -0.2) is 18.4 Å². The number of hydrogen-bond donors (Lipinski definition) is 4. The molecule has 0 spiro atoms. The zero-order valence-electron chi connectivity index (χ0n) is 14.5. The van der Waals surface area contributed by atoms with Crippen molar-refractivity contribution in [3.8, 4) is 0 Å². The first kappa shape index (κ1) is 18.6. The summed E-state index contributed by atoms with van der Waals surface area (Å²) >= 11 is 0. The van der Waals surface area contributed by atoms with Gasteiger partial charge in [0.25, 0.3) is 0 Å². The van der Waals surface area contributed by atoms with Gasteiger partial charge >= 0.3 is 12.1 Å². The van der Waals surface area contributed by atoms with Crippen LogP contribution in [0.1, 0.15) is 12.8 Å². The molecular weight excluding hydrogens is 354 g/mol. The Bertz CT molecular complexity index is 827. The zero-order valence-corrected chi connectivity index (χ0v) is 14.5. The number of hydrogen-bond acceptors (Lipinski definition) is 2.